The van der Waals surface area contributed by atoms with Gasteiger partial charge in [-0.05, 0) is 25.0 Å². The first-order valence-electron chi connectivity index (χ1n) is 7.63. The lowest BCUT2D eigenvalue weighted by Crippen LogP contribution is -2.17. The first kappa shape index (κ1) is 14.4. The number of rotatable bonds is 4. The Morgan fingerprint density at radius 3 is 2.96 bits per heavy atom. The van der Waals surface area contributed by atoms with E-state index in [1.54, 1.807) is 18.2 Å². The van der Waals surface area contributed by atoms with Crippen molar-refractivity contribution in [2.45, 2.75) is 18.8 Å². The van der Waals surface area contributed by atoms with E-state index in [-0.39, 0.29) is 17.0 Å². The summed E-state index contributed by atoms with van der Waals surface area (Å²) < 4.78 is 5.25. The second-order valence-electron chi connectivity index (χ2n) is 5.69. The van der Waals surface area contributed by atoms with Gasteiger partial charge in [0.25, 0.3) is 5.91 Å². The van der Waals surface area contributed by atoms with Crippen molar-refractivity contribution in [1.82, 2.24) is 15.1 Å². The monoisotopic (exact) mass is 322 g/mol. The Kier molecular flexibility index (Phi) is 3.45. The number of pyridine rings is 1. The van der Waals surface area contributed by atoms with Gasteiger partial charge in [-0.3, -0.25) is 9.59 Å². The molecule has 2 heterocycles. The second-order valence-corrected chi connectivity index (χ2v) is 5.69. The highest BCUT2D eigenvalue weighted by molar-refractivity contribution is 6.04. The number of aromatic amines is 1. The second kappa shape index (κ2) is 5.77. The number of benzene rings is 1. The van der Waals surface area contributed by atoms with Crippen LogP contribution in [0.1, 0.15) is 35.0 Å². The molecular formula is C17H14N4O3. The predicted octanol–water partition coefficient (Wildman–Crippen LogP) is 2.55. The van der Waals surface area contributed by atoms with Gasteiger partial charge in [0.05, 0.1) is 0 Å². The maximum atomic E-state index is 12.3. The quantitative estimate of drug-likeness (QED) is 0.768. The Morgan fingerprint density at radius 2 is 2.17 bits per heavy atom. The molecule has 120 valence electrons. The smallest absolute Gasteiger partial charge is 0.255 e. The number of hydrogen-bond donors (Lipinski definition) is 2. The number of hydrogen-bond acceptors (Lipinski definition) is 5. The van der Waals surface area contributed by atoms with Crippen LogP contribution < -0.4 is 10.7 Å². The molecule has 2 N–H and O–H groups in total. The topological polar surface area (TPSA) is 101 Å². The van der Waals surface area contributed by atoms with Gasteiger partial charge in [-0.25, -0.2) is 0 Å². The SMILES string of the molecule is O=C(Nc1c[nH]ccc1=O)c1cccc(-c2noc(C3CC3)n2)c1. The molecule has 4 rings (SSSR count). The highest BCUT2D eigenvalue weighted by Gasteiger charge is 2.29. The number of aromatic nitrogens is 3. The van der Waals surface area contributed by atoms with Crippen molar-refractivity contribution in [2.24, 2.45) is 0 Å². The fourth-order valence-corrected chi connectivity index (χ4v) is 2.36. The van der Waals surface area contributed by atoms with Crippen molar-refractivity contribution in [2.75, 3.05) is 5.32 Å². The van der Waals surface area contributed by atoms with E-state index < -0.39 is 0 Å². The average molecular weight is 322 g/mol. The average Bonchev–Trinajstić information content (AvgIpc) is 3.34. The fourth-order valence-electron chi connectivity index (χ4n) is 2.36. The molecule has 7 heteroatoms. The van der Waals surface area contributed by atoms with Crippen LogP contribution in [0.15, 0.2) is 52.0 Å². The molecule has 1 aliphatic carbocycles. The maximum absolute atomic E-state index is 12.3. The zero-order chi connectivity index (χ0) is 16.5. The van der Waals surface area contributed by atoms with Crippen molar-refractivity contribution in [3.63, 3.8) is 0 Å². The van der Waals surface area contributed by atoms with Gasteiger partial charge in [0.2, 0.25) is 17.1 Å². The summed E-state index contributed by atoms with van der Waals surface area (Å²) in [7, 11) is 0. The van der Waals surface area contributed by atoms with Gasteiger partial charge in [0.1, 0.15) is 5.69 Å². The molecular weight excluding hydrogens is 308 g/mol. The van der Waals surface area contributed by atoms with E-state index in [0.717, 1.165) is 12.8 Å². The van der Waals surface area contributed by atoms with Crippen molar-refractivity contribution < 1.29 is 9.32 Å². The van der Waals surface area contributed by atoms with E-state index in [0.29, 0.717) is 28.8 Å². The van der Waals surface area contributed by atoms with E-state index in [9.17, 15) is 9.59 Å². The molecule has 7 nitrogen and oxygen atoms in total. The summed E-state index contributed by atoms with van der Waals surface area (Å²) in [5.41, 5.74) is 1.04. The standard InChI is InChI=1S/C17H14N4O3/c22-14-6-7-18-9-13(14)19-16(23)12-3-1-2-11(8-12)15-20-17(24-21-15)10-4-5-10/h1-3,6-10H,4-5H2,(H,18,22)(H,19,23). The summed E-state index contributed by atoms with van der Waals surface area (Å²) in [6.07, 6.45) is 5.11. The Balaban J connectivity index is 1.58. The van der Waals surface area contributed by atoms with Crippen LogP contribution >= 0.6 is 0 Å². The van der Waals surface area contributed by atoms with Crippen LogP contribution in [-0.4, -0.2) is 21.0 Å². The molecule has 0 aliphatic heterocycles. The molecule has 0 unspecified atom stereocenters. The van der Waals surface area contributed by atoms with Crippen molar-refractivity contribution in [3.8, 4) is 11.4 Å². The summed E-state index contributed by atoms with van der Waals surface area (Å²) in [6, 6.07) is 8.25. The Labute approximate surface area is 136 Å². The van der Waals surface area contributed by atoms with E-state index >= 15 is 0 Å². The molecule has 24 heavy (non-hydrogen) atoms. The number of anilines is 1. The van der Waals surface area contributed by atoms with Gasteiger partial charge in [-0.15, -0.1) is 0 Å². The third-order valence-corrected chi connectivity index (χ3v) is 3.82. The largest absolute Gasteiger partial charge is 0.366 e. The molecule has 1 aromatic carbocycles. The minimum absolute atomic E-state index is 0.198. The van der Waals surface area contributed by atoms with Crippen molar-refractivity contribution in [3.05, 3.63) is 64.4 Å². The Hall–Kier alpha value is -3.22. The van der Waals surface area contributed by atoms with E-state index in [1.165, 1.54) is 18.5 Å². The molecule has 1 aliphatic rings. The minimum atomic E-state index is -0.375. The third kappa shape index (κ3) is 2.83. The molecule has 0 spiro atoms. The summed E-state index contributed by atoms with van der Waals surface area (Å²) >= 11 is 0. The number of nitrogens with zero attached hydrogens (tertiary/aromatic N) is 2. The van der Waals surface area contributed by atoms with Gasteiger partial charge in [0.15, 0.2) is 0 Å². The highest BCUT2D eigenvalue weighted by atomic mass is 16.5. The lowest BCUT2D eigenvalue weighted by Gasteiger charge is -2.05. The van der Waals surface area contributed by atoms with Crippen molar-refractivity contribution >= 4 is 11.6 Å². The van der Waals surface area contributed by atoms with Crippen LogP contribution in [0, 0.1) is 0 Å². The van der Waals surface area contributed by atoms with Crippen LogP contribution in [0.5, 0.6) is 0 Å². The fraction of sp³-hybridized carbons (Fsp3) is 0.176. The Morgan fingerprint density at radius 1 is 1.29 bits per heavy atom. The van der Waals surface area contributed by atoms with Gasteiger partial charge in [-0.1, -0.05) is 17.3 Å². The van der Waals surface area contributed by atoms with Gasteiger partial charge in [0, 0.05) is 35.5 Å². The summed E-state index contributed by atoms with van der Waals surface area (Å²) in [6.45, 7) is 0. The molecule has 1 amide bonds. The normalized spacial score (nSPS) is 13.7. The van der Waals surface area contributed by atoms with Gasteiger partial charge < -0.3 is 14.8 Å². The van der Waals surface area contributed by atoms with Crippen LogP contribution in [0.25, 0.3) is 11.4 Å². The number of carbonyl (C=O) groups is 1. The van der Waals surface area contributed by atoms with E-state index in [1.807, 2.05) is 6.07 Å². The number of carbonyl (C=O) groups excluding carboxylic acids is 1. The molecule has 1 saturated carbocycles. The van der Waals surface area contributed by atoms with Gasteiger partial charge in [-0.2, -0.15) is 4.98 Å². The lowest BCUT2D eigenvalue weighted by atomic mass is 10.1. The highest BCUT2D eigenvalue weighted by Crippen LogP contribution is 2.39. The number of amides is 1. The lowest BCUT2D eigenvalue weighted by molar-refractivity contribution is 0.102. The molecule has 0 saturated heterocycles. The zero-order valence-electron chi connectivity index (χ0n) is 12.7. The predicted molar refractivity (Wildman–Crippen MR) is 86.7 cm³/mol. The molecule has 0 bridgehead atoms. The summed E-state index contributed by atoms with van der Waals surface area (Å²) in [5.74, 6) is 1.11. The maximum Gasteiger partial charge on any atom is 0.255 e. The zero-order valence-corrected chi connectivity index (χ0v) is 12.7. The molecule has 3 aromatic rings. The summed E-state index contributed by atoms with van der Waals surface area (Å²) in [5, 5.41) is 6.57. The van der Waals surface area contributed by atoms with Crippen molar-refractivity contribution in [1.29, 1.82) is 0 Å². The number of H-pyrrole nitrogens is 1. The Bertz CT molecular complexity index is 956. The van der Waals surface area contributed by atoms with E-state index in [4.69, 9.17) is 4.52 Å². The first-order chi connectivity index (χ1) is 11.7. The first-order valence-corrected chi connectivity index (χ1v) is 7.63. The summed E-state index contributed by atoms with van der Waals surface area (Å²) in [4.78, 5) is 31.2. The van der Waals surface area contributed by atoms with E-state index in [2.05, 4.69) is 20.4 Å². The van der Waals surface area contributed by atoms with Crippen LogP contribution in [-0.2, 0) is 0 Å². The molecule has 2 aromatic heterocycles. The van der Waals surface area contributed by atoms with Gasteiger partial charge >= 0.3 is 0 Å². The van der Waals surface area contributed by atoms with Crippen LogP contribution in [0.2, 0.25) is 0 Å². The third-order valence-electron chi connectivity index (χ3n) is 3.82. The van der Waals surface area contributed by atoms with Crippen LogP contribution in [0.3, 0.4) is 0 Å². The molecule has 0 radical (unpaired) electrons. The molecule has 1 fully saturated rings. The minimum Gasteiger partial charge on any atom is -0.366 e. The number of nitrogens with one attached hydrogen (secondary N) is 2. The molecule has 0 atom stereocenters. The van der Waals surface area contributed by atoms with Crippen LogP contribution in [0.4, 0.5) is 5.69 Å².